The first-order chi connectivity index (χ1) is 10.2. The van der Waals surface area contributed by atoms with Crippen molar-refractivity contribution in [3.05, 3.63) is 11.4 Å². The third-order valence-electron chi connectivity index (χ3n) is 3.78. The lowest BCUT2D eigenvalue weighted by atomic mass is 10.2. The molecule has 5 nitrogen and oxygen atoms in total. The second-order valence-corrected chi connectivity index (χ2v) is 5.76. The van der Waals surface area contributed by atoms with Crippen molar-refractivity contribution in [1.29, 1.82) is 0 Å². The maximum Gasteiger partial charge on any atom is 0.137 e. The summed E-state index contributed by atoms with van der Waals surface area (Å²) in [4.78, 5) is 11.7. The van der Waals surface area contributed by atoms with Crippen LogP contribution in [-0.2, 0) is 6.42 Å². The van der Waals surface area contributed by atoms with Crippen LogP contribution in [0, 0.1) is 6.92 Å². The zero-order valence-electron chi connectivity index (χ0n) is 13.5. The second-order valence-electron chi connectivity index (χ2n) is 5.76. The van der Waals surface area contributed by atoms with Crippen LogP contribution in [0.5, 0.6) is 0 Å². The molecule has 0 atom stereocenters. The largest absolute Gasteiger partial charge is 0.395 e. The Kier molecular flexibility index (Phi) is 5.79. The highest BCUT2D eigenvalue weighted by atomic mass is 16.3. The minimum atomic E-state index is 0.167. The van der Waals surface area contributed by atoms with Gasteiger partial charge < -0.3 is 15.3 Å². The number of aliphatic hydroxyl groups is 1. The van der Waals surface area contributed by atoms with E-state index in [-0.39, 0.29) is 6.61 Å². The summed E-state index contributed by atoms with van der Waals surface area (Å²) < 4.78 is 0. The number of nitrogens with one attached hydrogen (secondary N) is 1. The predicted molar refractivity (Wildman–Crippen MR) is 87.0 cm³/mol. The molecule has 2 rings (SSSR count). The lowest BCUT2D eigenvalue weighted by molar-refractivity contribution is 0.301. The molecule has 1 heterocycles. The van der Waals surface area contributed by atoms with Gasteiger partial charge in [0.15, 0.2) is 0 Å². The number of anilines is 2. The van der Waals surface area contributed by atoms with Gasteiger partial charge in [-0.1, -0.05) is 13.8 Å². The number of hydrogen-bond acceptors (Lipinski definition) is 5. The summed E-state index contributed by atoms with van der Waals surface area (Å²) in [6.45, 7) is 8.12. The first-order valence-corrected chi connectivity index (χ1v) is 8.20. The fourth-order valence-electron chi connectivity index (χ4n) is 2.54. The Bertz CT molecular complexity index is 460. The molecule has 1 aromatic heterocycles. The van der Waals surface area contributed by atoms with Crippen molar-refractivity contribution >= 4 is 11.6 Å². The Labute approximate surface area is 127 Å². The van der Waals surface area contributed by atoms with Gasteiger partial charge in [0, 0.05) is 31.1 Å². The van der Waals surface area contributed by atoms with Crippen LogP contribution in [0.1, 0.15) is 50.9 Å². The number of aliphatic hydroxyl groups excluding tert-OH is 1. The van der Waals surface area contributed by atoms with Crippen molar-refractivity contribution in [3.8, 4) is 0 Å². The van der Waals surface area contributed by atoms with E-state index in [9.17, 15) is 5.11 Å². The normalized spacial score (nSPS) is 14.3. The molecule has 0 bridgehead atoms. The van der Waals surface area contributed by atoms with Gasteiger partial charge in [0.2, 0.25) is 0 Å². The van der Waals surface area contributed by atoms with E-state index >= 15 is 0 Å². The molecule has 118 valence electrons. The second kappa shape index (κ2) is 7.59. The molecular weight excluding hydrogens is 264 g/mol. The SMILES string of the molecule is CCCNc1nc(CCC)nc(N(CCO)C2CC2)c1C. The average molecular weight is 292 g/mol. The Morgan fingerprint density at radius 1 is 1.24 bits per heavy atom. The van der Waals surface area contributed by atoms with Gasteiger partial charge in [-0.05, 0) is 32.6 Å². The van der Waals surface area contributed by atoms with Gasteiger partial charge in [-0.25, -0.2) is 9.97 Å². The molecular formula is C16H28N4O. The summed E-state index contributed by atoms with van der Waals surface area (Å²) in [5.41, 5.74) is 1.10. The summed E-state index contributed by atoms with van der Waals surface area (Å²) in [6, 6.07) is 0.541. The third kappa shape index (κ3) is 4.06. The van der Waals surface area contributed by atoms with Crippen LogP contribution >= 0.6 is 0 Å². The Morgan fingerprint density at radius 2 is 2.00 bits per heavy atom. The minimum Gasteiger partial charge on any atom is -0.395 e. The smallest absolute Gasteiger partial charge is 0.137 e. The summed E-state index contributed by atoms with van der Waals surface area (Å²) in [6.07, 6.45) is 5.41. The third-order valence-corrected chi connectivity index (χ3v) is 3.78. The van der Waals surface area contributed by atoms with Crippen molar-refractivity contribution in [2.75, 3.05) is 29.9 Å². The molecule has 0 saturated heterocycles. The van der Waals surface area contributed by atoms with Crippen molar-refractivity contribution in [2.45, 2.75) is 58.9 Å². The predicted octanol–water partition coefficient (Wildman–Crippen LogP) is 2.52. The molecule has 1 aliphatic carbocycles. The number of aryl methyl sites for hydroxylation is 1. The van der Waals surface area contributed by atoms with Crippen molar-refractivity contribution in [3.63, 3.8) is 0 Å². The zero-order chi connectivity index (χ0) is 15.2. The molecule has 0 spiro atoms. The van der Waals surface area contributed by atoms with Crippen LogP contribution in [0.15, 0.2) is 0 Å². The number of hydrogen-bond donors (Lipinski definition) is 2. The summed E-state index contributed by atoms with van der Waals surface area (Å²) in [5.74, 6) is 2.86. The quantitative estimate of drug-likeness (QED) is 0.732. The lowest BCUT2D eigenvalue weighted by Crippen LogP contribution is -2.31. The molecule has 1 saturated carbocycles. The molecule has 0 radical (unpaired) electrons. The van der Waals surface area contributed by atoms with Crippen LogP contribution in [-0.4, -0.2) is 40.8 Å². The van der Waals surface area contributed by atoms with Crippen LogP contribution in [0.2, 0.25) is 0 Å². The topological polar surface area (TPSA) is 61.3 Å². The van der Waals surface area contributed by atoms with E-state index in [1.807, 2.05) is 0 Å². The van der Waals surface area contributed by atoms with E-state index in [4.69, 9.17) is 4.98 Å². The summed E-state index contributed by atoms with van der Waals surface area (Å²) in [7, 11) is 0. The maximum atomic E-state index is 9.35. The first-order valence-electron chi connectivity index (χ1n) is 8.20. The standard InChI is InChI=1S/C16H28N4O/c1-4-6-14-18-15(17-9-5-2)12(3)16(19-14)20(10-11-21)13-7-8-13/h13,21H,4-11H2,1-3H3,(H,17,18,19). The molecule has 1 fully saturated rings. The van der Waals surface area contributed by atoms with E-state index < -0.39 is 0 Å². The summed E-state index contributed by atoms with van der Waals surface area (Å²) in [5, 5.41) is 12.8. The van der Waals surface area contributed by atoms with Gasteiger partial charge >= 0.3 is 0 Å². The van der Waals surface area contributed by atoms with E-state index in [1.54, 1.807) is 0 Å². The molecule has 1 aromatic rings. The van der Waals surface area contributed by atoms with E-state index in [2.05, 4.69) is 36.0 Å². The zero-order valence-corrected chi connectivity index (χ0v) is 13.5. The molecule has 1 aliphatic rings. The van der Waals surface area contributed by atoms with Crippen LogP contribution < -0.4 is 10.2 Å². The van der Waals surface area contributed by atoms with Crippen LogP contribution in [0.4, 0.5) is 11.6 Å². The first kappa shape index (κ1) is 16.0. The van der Waals surface area contributed by atoms with Gasteiger partial charge in [-0.3, -0.25) is 0 Å². The van der Waals surface area contributed by atoms with E-state index in [1.165, 1.54) is 12.8 Å². The molecule has 0 aromatic carbocycles. The molecule has 2 N–H and O–H groups in total. The fourth-order valence-corrected chi connectivity index (χ4v) is 2.54. The lowest BCUT2D eigenvalue weighted by Gasteiger charge is -2.26. The van der Waals surface area contributed by atoms with Crippen molar-refractivity contribution in [2.24, 2.45) is 0 Å². The van der Waals surface area contributed by atoms with Gasteiger partial charge in [0.05, 0.1) is 6.61 Å². The highest BCUT2D eigenvalue weighted by molar-refractivity contribution is 5.59. The Balaban J connectivity index is 2.33. The number of aromatic nitrogens is 2. The number of nitrogens with zero attached hydrogens (tertiary/aromatic N) is 3. The molecule has 0 aliphatic heterocycles. The van der Waals surface area contributed by atoms with Crippen molar-refractivity contribution in [1.82, 2.24) is 9.97 Å². The highest BCUT2D eigenvalue weighted by Gasteiger charge is 2.31. The van der Waals surface area contributed by atoms with Gasteiger partial charge in [-0.2, -0.15) is 0 Å². The van der Waals surface area contributed by atoms with Gasteiger partial charge in [0.1, 0.15) is 17.5 Å². The number of rotatable bonds is 9. The fraction of sp³-hybridized carbons (Fsp3) is 0.750. The maximum absolute atomic E-state index is 9.35. The monoisotopic (exact) mass is 292 g/mol. The van der Waals surface area contributed by atoms with Gasteiger partial charge in [-0.15, -0.1) is 0 Å². The average Bonchev–Trinajstić information content (AvgIpc) is 3.30. The van der Waals surface area contributed by atoms with Crippen LogP contribution in [0.25, 0.3) is 0 Å². The van der Waals surface area contributed by atoms with E-state index in [0.29, 0.717) is 12.6 Å². The van der Waals surface area contributed by atoms with Gasteiger partial charge in [0.25, 0.3) is 0 Å². The van der Waals surface area contributed by atoms with E-state index in [0.717, 1.165) is 48.8 Å². The summed E-state index contributed by atoms with van der Waals surface area (Å²) >= 11 is 0. The Hall–Kier alpha value is -1.36. The molecule has 0 amide bonds. The molecule has 0 unspecified atom stereocenters. The Morgan fingerprint density at radius 3 is 2.57 bits per heavy atom. The van der Waals surface area contributed by atoms with Crippen LogP contribution in [0.3, 0.4) is 0 Å². The highest BCUT2D eigenvalue weighted by Crippen LogP contribution is 2.34. The van der Waals surface area contributed by atoms with Crippen molar-refractivity contribution < 1.29 is 5.11 Å². The molecule has 21 heavy (non-hydrogen) atoms. The molecule has 5 heteroatoms. The minimum absolute atomic E-state index is 0.167.